The minimum Gasteiger partial charge on any atom is -0.497 e. The lowest BCUT2D eigenvalue weighted by Gasteiger charge is -2.04. The van der Waals surface area contributed by atoms with Gasteiger partial charge in [-0.3, -0.25) is 4.79 Å². The molecule has 2 atom stereocenters. The molecule has 1 amide bonds. The van der Waals surface area contributed by atoms with Gasteiger partial charge in [0.2, 0.25) is 5.91 Å². The number of benzene rings is 1. The van der Waals surface area contributed by atoms with Gasteiger partial charge in [-0.05, 0) is 55.1 Å². The molecule has 1 aliphatic rings. The zero-order chi connectivity index (χ0) is 15.0. The monoisotopic (exact) mass is 301 g/mol. The highest BCUT2D eigenvalue weighted by Gasteiger charge is 2.39. The largest absolute Gasteiger partial charge is 0.497 e. The Kier molecular flexibility index (Phi) is 3.68. The Hall–Kier alpha value is -1.88. The molecule has 3 rings (SSSR count). The van der Waals surface area contributed by atoms with E-state index in [2.05, 4.69) is 16.6 Å². The molecule has 1 saturated carbocycles. The molecule has 4 nitrogen and oxygen atoms in total. The summed E-state index contributed by atoms with van der Waals surface area (Å²) in [6, 6.07) is 7.79. The van der Waals surface area contributed by atoms with Crippen LogP contribution in [0.3, 0.4) is 0 Å². The lowest BCUT2D eigenvalue weighted by molar-refractivity contribution is -0.117. The second-order valence-corrected chi connectivity index (χ2v) is 6.30. The lowest BCUT2D eigenvalue weighted by Crippen LogP contribution is -2.14. The Morgan fingerprint density at radius 3 is 2.62 bits per heavy atom. The summed E-state index contributed by atoms with van der Waals surface area (Å²) in [6.07, 6.45) is 0.995. The van der Waals surface area contributed by atoms with E-state index in [9.17, 15) is 4.79 Å². The van der Waals surface area contributed by atoms with E-state index >= 15 is 0 Å². The zero-order valence-electron chi connectivity index (χ0n) is 12.3. The average Bonchev–Trinajstić information content (AvgIpc) is 3.13. The number of anilines is 1. The van der Waals surface area contributed by atoms with E-state index in [0.29, 0.717) is 5.92 Å². The van der Waals surface area contributed by atoms with E-state index in [1.54, 1.807) is 7.11 Å². The molecule has 5 heteroatoms. The highest BCUT2D eigenvalue weighted by atomic mass is 32.1. The number of aromatic nitrogens is 1. The second-order valence-electron chi connectivity index (χ2n) is 5.52. The molecule has 1 heterocycles. The fraction of sp³-hybridized carbons (Fsp3) is 0.375. The summed E-state index contributed by atoms with van der Waals surface area (Å²) in [5.74, 6) is 1.63. The number of rotatable bonds is 4. The number of nitrogens with one attached hydrogen (secondary N) is 1. The number of hydrogen-bond donors (Lipinski definition) is 1. The Balaban J connectivity index is 1.79. The summed E-state index contributed by atoms with van der Waals surface area (Å²) >= 11 is 1.34. The quantitative estimate of drug-likeness (QED) is 0.936. The maximum atomic E-state index is 12.0. The summed E-state index contributed by atoms with van der Waals surface area (Å²) < 4.78 is 9.64. The van der Waals surface area contributed by atoms with Gasteiger partial charge in [0.1, 0.15) is 10.8 Å². The Bertz CT molecular complexity index is 663. The number of hydrogen-bond acceptors (Lipinski definition) is 4. The van der Waals surface area contributed by atoms with Crippen molar-refractivity contribution in [2.24, 2.45) is 11.8 Å². The van der Waals surface area contributed by atoms with Crippen LogP contribution in [0.2, 0.25) is 0 Å². The molecule has 1 aromatic carbocycles. The van der Waals surface area contributed by atoms with Gasteiger partial charge >= 0.3 is 0 Å². The van der Waals surface area contributed by atoms with Gasteiger partial charge in [0.15, 0.2) is 0 Å². The first-order valence-electron chi connectivity index (χ1n) is 7.01. The van der Waals surface area contributed by atoms with E-state index in [-0.39, 0.29) is 11.8 Å². The third-order valence-electron chi connectivity index (χ3n) is 3.97. The molecule has 1 aromatic heterocycles. The zero-order valence-corrected chi connectivity index (χ0v) is 13.2. The summed E-state index contributed by atoms with van der Waals surface area (Å²) in [7, 11) is 1.65. The fourth-order valence-corrected chi connectivity index (χ4v) is 3.17. The molecule has 0 aliphatic heterocycles. The van der Waals surface area contributed by atoms with Gasteiger partial charge in [-0.1, -0.05) is 6.92 Å². The van der Waals surface area contributed by atoms with Crippen LogP contribution in [0.25, 0.3) is 11.3 Å². The smallest absolute Gasteiger partial charge is 0.228 e. The summed E-state index contributed by atoms with van der Waals surface area (Å²) in [5, 5.41) is 3.86. The van der Waals surface area contributed by atoms with Crippen LogP contribution >= 0.6 is 11.5 Å². The van der Waals surface area contributed by atoms with Gasteiger partial charge in [0.25, 0.3) is 0 Å². The first kappa shape index (κ1) is 14.1. The maximum Gasteiger partial charge on any atom is 0.228 e. The van der Waals surface area contributed by atoms with Gasteiger partial charge in [-0.2, -0.15) is 4.37 Å². The highest BCUT2D eigenvalue weighted by Crippen LogP contribution is 2.40. The number of ether oxygens (including phenoxy) is 1. The van der Waals surface area contributed by atoms with Crippen LogP contribution in [0.4, 0.5) is 5.00 Å². The number of carbonyl (C=O) groups is 1. The summed E-state index contributed by atoms with van der Waals surface area (Å²) in [4.78, 5) is 12.0. The van der Waals surface area contributed by atoms with E-state index in [1.165, 1.54) is 11.5 Å². The van der Waals surface area contributed by atoms with Crippen LogP contribution in [0, 0.1) is 18.8 Å². The third-order valence-corrected chi connectivity index (χ3v) is 4.84. The molecule has 1 fully saturated rings. The van der Waals surface area contributed by atoms with Gasteiger partial charge in [-0.25, -0.2) is 0 Å². The SMILES string of the molecule is Cc1c(-c2ccc(O[11CH3])cc2)nsc1NC(=O)C1CC1C. The van der Waals surface area contributed by atoms with Crippen molar-refractivity contribution in [1.29, 1.82) is 0 Å². The van der Waals surface area contributed by atoms with E-state index in [1.807, 2.05) is 31.2 Å². The molecule has 110 valence electrons. The van der Waals surface area contributed by atoms with E-state index < -0.39 is 0 Å². The van der Waals surface area contributed by atoms with Gasteiger partial charge < -0.3 is 10.1 Å². The lowest BCUT2D eigenvalue weighted by atomic mass is 10.1. The summed E-state index contributed by atoms with van der Waals surface area (Å²) in [6.45, 7) is 4.10. The predicted molar refractivity (Wildman–Crippen MR) is 84.7 cm³/mol. The van der Waals surface area contributed by atoms with Crippen molar-refractivity contribution >= 4 is 22.4 Å². The first-order chi connectivity index (χ1) is 10.1. The van der Waals surface area contributed by atoms with Crippen molar-refractivity contribution in [3.63, 3.8) is 0 Å². The molecular formula is C16H18N2O2S. The van der Waals surface area contributed by atoms with Crippen molar-refractivity contribution in [2.45, 2.75) is 20.3 Å². The topological polar surface area (TPSA) is 51.2 Å². The normalized spacial score (nSPS) is 20.1. The molecule has 2 aromatic rings. The Labute approximate surface area is 128 Å². The van der Waals surface area contributed by atoms with Gasteiger partial charge in [-0.15, -0.1) is 0 Å². The van der Waals surface area contributed by atoms with Gasteiger partial charge in [0, 0.05) is 17.0 Å². The van der Waals surface area contributed by atoms with Crippen molar-refractivity contribution in [1.82, 2.24) is 4.37 Å². The second kappa shape index (κ2) is 5.48. The molecule has 0 spiro atoms. The Morgan fingerprint density at radius 2 is 2.05 bits per heavy atom. The van der Waals surface area contributed by atoms with Crippen molar-refractivity contribution < 1.29 is 9.53 Å². The predicted octanol–water partition coefficient (Wildman–Crippen LogP) is 3.72. The van der Waals surface area contributed by atoms with Crippen LogP contribution in [-0.2, 0) is 4.79 Å². The van der Waals surface area contributed by atoms with Crippen LogP contribution in [0.5, 0.6) is 5.75 Å². The van der Waals surface area contributed by atoms with Crippen LogP contribution < -0.4 is 10.1 Å². The van der Waals surface area contributed by atoms with Crippen molar-refractivity contribution in [3.05, 3.63) is 29.8 Å². The molecule has 0 bridgehead atoms. The molecule has 0 radical (unpaired) electrons. The maximum absolute atomic E-state index is 12.0. The Morgan fingerprint density at radius 1 is 1.38 bits per heavy atom. The number of methoxy groups -OCH3 is 1. The van der Waals surface area contributed by atoms with Crippen molar-refractivity contribution in [2.75, 3.05) is 12.4 Å². The molecular weight excluding hydrogens is 283 g/mol. The van der Waals surface area contributed by atoms with Crippen molar-refractivity contribution in [3.8, 4) is 17.0 Å². The molecule has 1 N–H and O–H groups in total. The standard InChI is InChI=1S/C16H18N2O2S/c1-9-8-13(9)15(19)17-16-10(2)14(18-21-16)11-4-6-12(20-3)7-5-11/h4-7,9,13H,8H2,1-3H3,(H,17,19)/i3-1. The molecule has 0 saturated heterocycles. The van der Waals surface area contributed by atoms with Crippen LogP contribution in [0.1, 0.15) is 18.9 Å². The fourth-order valence-electron chi connectivity index (χ4n) is 2.36. The summed E-state index contributed by atoms with van der Waals surface area (Å²) in [5.41, 5.74) is 2.97. The number of amides is 1. The molecule has 1 aliphatic carbocycles. The van der Waals surface area contributed by atoms with Crippen LogP contribution in [-0.4, -0.2) is 17.4 Å². The average molecular weight is 301 g/mol. The molecule has 2 unspecified atom stereocenters. The van der Waals surface area contributed by atoms with E-state index in [0.717, 1.165) is 34.0 Å². The number of carbonyl (C=O) groups excluding carboxylic acids is 1. The minimum atomic E-state index is 0.121. The number of nitrogens with zero attached hydrogens (tertiary/aromatic N) is 1. The van der Waals surface area contributed by atoms with Gasteiger partial charge in [0.05, 0.1) is 12.8 Å². The third kappa shape index (κ3) is 2.78. The van der Waals surface area contributed by atoms with Crippen LogP contribution in [0.15, 0.2) is 24.3 Å². The molecule has 21 heavy (non-hydrogen) atoms. The first-order valence-corrected chi connectivity index (χ1v) is 7.79. The minimum absolute atomic E-state index is 0.121. The highest BCUT2D eigenvalue weighted by molar-refractivity contribution is 7.10. The van der Waals surface area contributed by atoms with E-state index in [4.69, 9.17) is 4.74 Å².